The predicted molar refractivity (Wildman–Crippen MR) is 69.4 cm³/mol. The number of nitrogens with one attached hydrogen (secondary N) is 1. The molecule has 1 fully saturated rings. The molecule has 1 amide bonds. The number of piperazine rings is 1. The van der Waals surface area contributed by atoms with Gasteiger partial charge in [-0.05, 0) is 24.6 Å². The number of hydrogen-bond acceptors (Lipinski definition) is 3. The molecule has 1 heterocycles. The molecule has 0 radical (unpaired) electrons. The van der Waals surface area contributed by atoms with Crippen molar-refractivity contribution < 1.29 is 4.79 Å². The fraction of sp³-hybridized carbons (Fsp3) is 0.417. The number of hydrogen-bond donors (Lipinski definition) is 2. The molecule has 5 heteroatoms. The number of nitrogen functional groups attached to an aromatic ring is 1. The number of anilines is 1. The SMILES string of the molecule is Cc1cc(Cl)cc(C(=O)N2CCNCC2)c1N. The summed E-state index contributed by atoms with van der Waals surface area (Å²) in [6.07, 6.45) is 0. The molecule has 0 atom stereocenters. The van der Waals surface area contributed by atoms with Gasteiger partial charge in [0.05, 0.1) is 5.56 Å². The number of amides is 1. The Morgan fingerprint density at radius 3 is 2.71 bits per heavy atom. The number of nitrogens with zero attached hydrogens (tertiary/aromatic N) is 1. The van der Waals surface area contributed by atoms with Gasteiger partial charge in [0.25, 0.3) is 5.91 Å². The van der Waals surface area contributed by atoms with Crippen LogP contribution in [-0.4, -0.2) is 37.0 Å². The van der Waals surface area contributed by atoms with E-state index in [9.17, 15) is 4.79 Å². The van der Waals surface area contributed by atoms with Gasteiger partial charge in [-0.3, -0.25) is 4.79 Å². The molecule has 92 valence electrons. The quantitative estimate of drug-likeness (QED) is 0.742. The fourth-order valence-corrected chi connectivity index (χ4v) is 2.24. The van der Waals surface area contributed by atoms with E-state index in [1.54, 1.807) is 17.0 Å². The van der Waals surface area contributed by atoms with Crippen molar-refractivity contribution in [1.82, 2.24) is 10.2 Å². The first-order valence-corrected chi connectivity index (χ1v) is 6.03. The third-order valence-corrected chi connectivity index (χ3v) is 3.20. The highest BCUT2D eigenvalue weighted by Gasteiger charge is 2.20. The molecular formula is C12H16ClN3O. The predicted octanol–water partition coefficient (Wildman–Crippen LogP) is 1.28. The third-order valence-electron chi connectivity index (χ3n) is 2.99. The lowest BCUT2D eigenvalue weighted by atomic mass is 10.1. The molecule has 1 saturated heterocycles. The van der Waals surface area contributed by atoms with Crippen LogP contribution in [0.4, 0.5) is 5.69 Å². The number of halogens is 1. The van der Waals surface area contributed by atoms with Crippen molar-refractivity contribution in [2.24, 2.45) is 0 Å². The van der Waals surface area contributed by atoms with Gasteiger partial charge >= 0.3 is 0 Å². The molecule has 3 N–H and O–H groups in total. The number of benzene rings is 1. The molecule has 1 aliphatic heterocycles. The zero-order valence-electron chi connectivity index (χ0n) is 9.79. The molecule has 0 aliphatic carbocycles. The Kier molecular flexibility index (Phi) is 3.54. The average molecular weight is 254 g/mol. The average Bonchev–Trinajstić information content (AvgIpc) is 2.34. The summed E-state index contributed by atoms with van der Waals surface area (Å²) in [4.78, 5) is 14.1. The Morgan fingerprint density at radius 2 is 2.06 bits per heavy atom. The number of nitrogens with two attached hydrogens (primary N) is 1. The Labute approximate surface area is 106 Å². The first-order valence-electron chi connectivity index (χ1n) is 5.65. The highest BCUT2D eigenvalue weighted by atomic mass is 35.5. The van der Waals surface area contributed by atoms with Crippen LogP contribution in [0.25, 0.3) is 0 Å². The summed E-state index contributed by atoms with van der Waals surface area (Å²) in [5, 5.41) is 3.76. The van der Waals surface area contributed by atoms with E-state index in [1.807, 2.05) is 6.92 Å². The lowest BCUT2D eigenvalue weighted by Gasteiger charge is -2.28. The van der Waals surface area contributed by atoms with Crippen LogP contribution < -0.4 is 11.1 Å². The molecule has 17 heavy (non-hydrogen) atoms. The summed E-state index contributed by atoms with van der Waals surface area (Å²) < 4.78 is 0. The standard InChI is InChI=1S/C12H16ClN3O/c1-8-6-9(13)7-10(11(8)14)12(17)16-4-2-15-3-5-16/h6-7,15H,2-5,14H2,1H3. The van der Waals surface area contributed by atoms with Gasteiger partial charge in [-0.2, -0.15) is 0 Å². The molecule has 1 aromatic rings. The molecule has 4 nitrogen and oxygen atoms in total. The van der Waals surface area contributed by atoms with Crippen molar-refractivity contribution in [3.63, 3.8) is 0 Å². The summed E-state index contributed by atoms with van der Waals surface area (Å²) in [5.41, 5.74) is 7.82. The number of carbonyl (C=O) groups is 1. The Hall–Kier alpha value is -1.26. The lowest BCUT2D eigenvalue weighted by Crippen LogP contribution is -2.46. The first kappa shape index (κ1) is 12.2. The van der Waals surface area contributed by atoms with E-state index in [1.165, 1.54) is 0 Å². The van der Waals surface area contributed by atoms with Crippen LogP contribution >= 0.6 is 11.6 Å². The summed E-state index contributed by atoms with van der Waals surface area (Å²) in [7, 11) is 0. The van der Waals surface area contributed by atoms with E-state index in [2.05, 4.69) is 5.32 Å². The Morgan fingerprint density at radius 1 is 1.41 bits per heavy atom. The van der Waals surface area contributed by atoms with E-state index in [4.69, 9.17) is 17.3 Å². The summed E-state index contributed by atoms with van der Waals surface area (Å²) in [6.45, 7) is 4.93. The third kappa shape index (κ3) is 2.53. The smallest absolute Gasteiger partial charge is 0.256 e. The fourth-order valence-electron chi connectivity index (χ4n) is 1.97. The van der Waals surface area contributed by atoms with Crippen LogP contribution in [0.3, 0.4) is 0 Å². The highest BCUT2D eigenvalue weighted by Crippen LogP contribution is 2.24. The van der Waals surface area contributed by atoms with Crippen molar-refractivity contribution in [1.29, 1.82) is 0 Å². The number of aryl methyl sites for hydroxylation is 1. The van der Waals surface area contributed by atoms with Gasteiger partial charge in [0, 0.05) is 36.9 Å². The number of rotatable bonds is 1. The molecule has 0 aromatic heterocycles. The summed E-state index contributed by atoms with van der Waals surface area (Å²) >= 11 is 5.97. The summed E-state index contributed by atoms with van der Waals surface area (Å²) in [6, 6.07) is 3.42. The monoisotopic (exact) mass is 253 g/mol. The molecule has 0 unspecified atom stereocenters. The van der Waals surface area contributed by atoms with E-state index in [-0.39, 0.29) is 5.91 Å². The van der Waals surface area contributed by atoms with Gasteiger partial charge in [0.1, 0.15) is 0 Å². The normalized spacial score (nSPS) is 16.0. The van der Waals surface area contributed by atoms with Crippen molar-refractivity contribution in [3.8, 4) is 0 Å². The Bertz CT molecular complexity index is 442. The van der Waals surface area contributed by atoms with Gasteiger partial charge in [-0.1, -0.05) is 11.6 Å². The van der Waals surface area contributed by atoms with E-state index in [0.29, 0.717) is 29.4 Å². The molecular weight excluding hydrogens is 238 g/mol. The minimum absolute atomic E-state index is 0.0328. The molecule has 0 saturated carbocycles. The van der Waals surface area contributed by atoms with Crippen molar-refractivity contribution in [2.75, 3.05) is 31.9 Å². The first-order chi connectivity index (χ1) is 8.09. The largest absolute Gasteiger partial charge is 0.398 e. The maximum Gasteiger partial charge on any atom is 0.256 e. The maximum atomic E-state index is 12.3. The molecule has 2 rings (SSSR count). The molecule has 1 aromatic carbocycles. The topological polar surface area (TPSA) is 58.4 Å². The van der Waals surface area contributed by atoms with E-state index >= 15 is 0 Å². The second-order valence-electron chi connectivity index (χ2n) is 4.23. The minimum Gasteiger partial charge on any atom is -0.398 e. The Balaban J connectivity index is 2.29. The number of carbonyl (C=O) groups excluding carboxylic acids is 1. The second-order valence-corrected chi connectivity index (χ2v) is 4.66. The van der Waals surface area contributed by atoms with Crippen LogP contribution in [0.5, 0.6) is 0 Å². The van der Waals surface area contributed by atoms with Gasteiger partial charge in [-0.25, -0.2) is 0 Å². The van der Waals surface area contributed by atoms with Gasteiger partial charge < -0.3 is 16.0 Å². The molecule has 0 bridgehead atoms. The van der Waals surface area contributed by atoms with E-state index < -0.39 is 0 Å². The van der Waals surface area contributed by atoms with Crippen LogP contribution in [0.2, 0.25) is 5.02 Å². The zero-order chi connectivity index (χ0) is 12.4. The molecule has 0 spiro atoms. The zero-order valence-corrected chi connectivity index (χ0v) is 10.5. The van der Waals surface area contributed by atoms with Crippen LogP contribution in [0.15, 0.2) is 12.1 Å². The van der Waals surface area contributed by atoms with Crippen LogP contribution in [0.1, 0.15) is 15.9 Å². The minimum atomic E-state index is -0.0328. The van der Waals surface area contributed by atoms with Crippen molar-refractivity contribution >= 4 is 23.2 Å². The second kappa shape index (κ2) is 4.94. The van der Waals surface area contributed by atoms with Crippen molar-refractivity contribution in [3.05, 3.63) is 28.3 Å². The highest BCUT2D eigenvalue weighted by molar-refractivity contribution is 6.31. The molecule has 1 aliphatic rings. The van der Waals surface area contributed by atoms with Gasteiger partial charge in [-0.15, -0.1) is 0 Å². The van der Waals surface area contributed by atoms with Gasteiger partial charge in [0.2, 0.25) is 0 Å². The lowest BCUT2D eigenvalue weighted by molar-refractivity contribution is 0.0737. The van der Waals surface area contributed by atoms with Gasteiger partial charge in [0.15, 0.2) is 0 Å². The van der Waals surface area contributed by atoms with E-state index in [0.717, 1.165) is 18.7 Å². The van der Waals surface area contributed by atoms with Crippen molar-refractivity contribution in [2.45, 2.75) is 6.92 Å². The van der Waals surface area contributed by atoms with Crippen LogP contribution in [-0.2, 0) is 0 Å². The summed E-state index contributed by atoms with van der Waals surface area (Å²) in [5.74, 6) is -0.0328. The maximum absolute atomic E-state index is 12.3. The van der Waals surface area contributed by atoms with Crippen LogP contribution in [0, 0.1) is 6.92 Å².